The Labute approximate surface area is 198 Å². The number of amides is 1. The number of anilines is 2. The minimum Gasteiger partial charge on any atom is -0.497 e. The Hall–Kier alpha value is -3.52. The monoisotopic (exact) mass is 462 g/mol. The number of hydrogen-bond acceptors (Lipinski definition) is 7. The molecule has 0 bridgehead atoms. The summed E-state index contributed by atoms with van der Waals surface area (Å²) in [5.41, 5.74) is 2.29. The predicted octanol–water partition coefficient (Wildman–Crippen LogP) is 2.52. The Bertz CT molecular complexity index is 1220. The third-order valence-corrected chi connectivity index (χ3v) is 6.79. The molecule has 2 aromatic carbocycles. The van der Waals surface area contributed by atoms with Crippen molar-refractivity contribution in [2.24, 2.45) is 0 Å². The summed E-state index contributed by atoms with van der Waals surface area (Å²) in [4.78, 5) is 34.7. The first kappa shape index (κ1) is 22.3. The number of ether oxygens (including phenoxy) is 1. The van der Waals surface area contributed by atoms with Crippen molar-refractivity contribution in [1.29, 1.82) is 0 Å². The van der Waals surface area contributed by atoms with Crippen molar-refractivity contribution in [3.05, 3.63) is 64.5 Å². The molecule has 0 aliphatic carbocycles. The van der Waals surface area contributed by atoms with Gasteiger partial charge in [0.05, 0.1) is 18.2 Å². The molecule has 5 rings (SSSR count). The maximum Gasteiger partial charge on any atom is 0.289 e. The van der Waals surface area contributed by atoms with Crippen molar-refractivity contribution in [2.45, 2.75) is 0 Å². The first-order valence-electron chi connectivity index (χ1n) is 11.7. The van der Waals surface area contributed by atoms with E-state index in [1.54, 1.807) is 18.1 Å². The van der Waals surface area contributed by atoms with Gasteiger partial charge in [-0.2, -0.15) is 0 Å². The maximum absolute atomic E-state index is 13.3. The number of hydrogen-bond donors (Lipinski definition) is 0. The van der Waals surface area contributed by atoms with Crippen LogP contribution in [0.15, 0.2) is 57.7 Å². The number of rotatable bonds is 4. The molecule has 2 aliphatic heterocycles. The molecule has 3 aromatic rings. The van der Waals surface area contributed by atoms with E-state index in [0.717, 1.165) is 43.3 Å². The number of carbonyl (C=O) groups excluding carboxylic acids is 1. The number of benzene rings is 2. The van der Waals surface area contributed by atoms with E-state index in [-0.39, 0.29) is 17.1 Å². The Balaban J connectivity index is 1.35. The number of likely N-dealkylation sites (N-methyl/N-ethyl adjacent to an activating group) is 1. The van der Waals surface area contributed by atoms with Crippen molar-refractivity contribution in [2.75, 3.05) is 76.3 Å². The van der Waals surface area contributed by atoms with Gasteiger partial charge in [-0.05, 0) is 43.4 Å². The highest BCUT2D eigenvalue weighted by Gasteiger charge is 2.26. The Morgan fingerprint density at radius 3 is 2.24 bits per heavy atom. The van der Waals surface area contributed by atoms with E-state index in [2.05, 4.69) is 21.7 Å². The van der Waals surface area contributed by atoms with Gasteiger partial charge < -0.3 is 28.8 Å². The lowest BCUT2D eigenvalue weighted by molar-refractivity contribution is 0.0715. The molecule has 2 aliphatic rings. The van der Waals surface area contributed by atoms with Crippen molar-refractivity contribution in [3.8, 4) is 5.75 Å². The summed E-state index contributed by atoms with van der Waals surface area (Å²) >= 11 is 0. The molecule has 0 spiro atoms. The van der Waals surface area contributed by atoms with Crippen molar-refractivity contribution >= 4 is 28.3 Å². The van der Waals surface area contributed by atoms with E-state index in [0.29, 0.717) is 37.1 Å². The highest BCUT2D eigenvalue weighted by molar-refractivity contribution is 5.95. The van der Waals surface area contributed by atoms with Crippen LogP contribution >= 0.6 is 0 Å². The molecule has 1 aromatic heterocycles. The summed E-state index contributed by atoms with van der Waals surface area (Å²) < 4.78 is 11.4. The molecule has 34 heavy (non-hydrogen) atoms. The lowest BCUT2D eigenvalue weighted by atomic mass is 10.1. The van der Waals surface area contributed by atoms with Crippen LogP contribution in [0.4, 0.5) is 11.4 Å². The normalized spacial score (nSPS) is 17.3. The van der Waals surface area contributed by atoms with E-state index in [4.69, 9.17) is 9.15 Å². The van der Waals surface area contributed by atoms with Gasteiger partial charge in [0.15, 0.2) is 16.8 Å². The minimum atomic E-state index is -0.235. The molecule has 1 amide bonds. The number of piperazine rings is 2. The number of methoxy groups -OCH3 is 1. The molecule has 3 heterocycles. The van der Waals surface area contributed by atoms with Crippen molar-refractivity contribution in [1.82, 2.24) is 9.80 Å². The van der Waals surface area contributed by atoms with Crippen LogP contribution in [0.1, 0.15) is 10.6 Å². The molecule has 8 nitrogen and oxygen atoms in total. The summed E-state index contributed by atoms with van der Waals surface area (Å²) in [5.74, 6) is 0.693. The third kappa shape index (κ3) is 4.33. The van der Waals surface area contributed by atoms with Gasteiger partial charge >= 0.3 is 0 Å². The largest absolute Gasteiger partial charge is 0.497 e. The van der Waals surface area contributed by atoms with Crippen molar-refractivity contribution in [3.63, 3.8) is 0 Å². The lowest BCUT2D eigenvalue weighted by Gasteiger charge is -2.36. The fourth-order valence-corrected chi connectivity index (χ4v) is 4.68. The van der Waals surface area contributed by atoms with E-state index < -0.39 is 0 Å². The molecule has 0 atom stereocenters. The second-order valence-corrected chi connectivity index (χ2v) is 8.90. The summed E-state index contributed by atoms with van der Waals surface area (Å²) in [6.07, 6.45) is 0. The fraction of sp³-hybridized carbons (Fsp3) is 0.385. The molecule has 2 fully saturated rings. The van der Waals surface area contributed by atoms with Gasteiger partial charge in [-0.1, -0.05) is 6.07 Å². The van der Waals surface area contributed by atoms with Gasteiger partial charge in [-0.25, -0.2) is 0 Å². The third-order valence-electron chi connectivity index (χ3n) is 6.79. The van der Waals surface area contributed by atoms with Crippen LogP contribution in [0.3, 0.4) is 0 Å². The van der Waals surface area contributed by atoms with Crippen LogP contribution in [0.5, 0.6) is 5.75 Å². The quantitative estimate of drug-likeness (QED) is 0.590. The molecule has 0 N–H and O–H groups in total. The Kier molecular flexibility index (Phi) is 6.15. The highest BCUT2D eigenvalue weighted by atomic mass is 16.5. The Morgan fingerprint density at radius 1 is 0.882 bits per heavy atom. The molecule has 0 radical (unpaired) electrons. The van der Waals surface area contributed by atoms with Gasteiger partial charge in [0.2, 0.25) is 0 Å². The zero-order chi connectivity index (χ0) is 23.7. The average molecular weight is 463 g/mol. The molecule has 178 valence electrons. The molecule has 0 unspecified atom stereocenters. The second-order valence-electron chi connectivity index (χ2n) is 8.90. The second kappa shape index (κ2) is 9.38. The number of carbonyl (C=O) groups is 1. The van der Waals surface area contributed by atoms with E-state index in [1.165, 1.54) is 6.07 Å². The SMILES string of the molecule is COc1ccc(N2CCN(C(=O)c3cc(=O)c4cccc(N5CCN(C)CC5)c4o3)CC2)cc1. The van der Waals surface area contributed by atoms with Crippen LogP contribution in [0.2, 0.25) is 0 Å². The lowest BCUT2D eigenvalue weighted by Crippen LogP contribution is -2.48. The van der Waals surface area contributed by atoms with Gasteiger partial charge in [-0.3, -0.25) is 9.59 Å². The fourth-order valence-electron chi connectivity index (χ4n) is 4.68. The van der Waals surface area contributed by atoms with Crippen molar-refractivity contribution < 1.29 is 13.9 Å². The summed E-state index contributed by atoms with van der Waals surface area (Å²) in [6.45, 7) is 6.13. The van der Waals surface area contributed by atoms with Gasteiger partial charge in [0.1, 0.15) is 5.75 Å². The average Bonchev–Trinajstić information content (AvgIpc) is 2.88. The van der Waals surface area contributed by atoms with E-state index >= 15 is 0 Å². The zero-order valence-corrected chi connectivity index (χ0v) is 19.7. The molecular formula is C26H30N4O4. The summed E-state index contributed by atoms with van der Waals surface area (Å²) in [5, 5.41) is 0.511. The number of nitrogens with zero attached hydrogens (tertiary/aromatic N) is 4. The first-order chi connectivity index (χ1) is 16.5. The van der Waals surface area contributed by atoms with Crippen LogP contribution in [-0.2, 0) is 0 Å². The Morgan fingerprint density at radius 2 is 1.56 bits per heavy atom. The smallest absolute Gasteiger partial charge is 0.289 e. The number of fused-ring (bicyclic) bond motifs is 1. The maximum atomic E-state index is 13.3. The minimum absolute atomic E-state index is 0.108. The highest BCUT2D eigenvalue weighted by Crippen LogP contribution is 2.28. The van der Waals surface area contributed by atoms with Crippen LogP contribution < -0.4 is 20.0 Å². The first-order valence-corrected chi connectivity index (χ1v) is 11.7. The summed E-state index contributed by atoms with van der Waals surface area (Å²) in [6, 6.07) is 14.9. The van der Waals surface area contributed by atoms with Crippen LogP contribution in [0, 0.1) is 0 Å². The molecular weight excluding hydrogens is 432 g/mol. The van der Waals surface area contributed by atoms with Crippen LogP contribution in [-0.4, -0.2) is 82.2 Å². The standard InChI is InChI=1S/C26H30N4O4/c1-27-10-12-29(13-11-27)22-5-3-4-21-23(31)18-24(34-25(21)22)26(32)30-16-14-28(15-17-30)19-6-8-20(33-2)9-7-19/h3-9,18H,10-17H2,1-2H3. The predicted molar refractivity (Wildman–Crippen MR) is 133 cm³/mol. The van der Waals surface area contributed by atoms with Crippen LogP contribution in [0.25, 0.3) is 11.0 Å². The molecule has 0 saturated carbocycles. The topological polar surface area (TPSA) is 69.5 Å². The van der Waals surface area contributed by atoms with Gasteiger partial charge in [-0.15, -0.1) is 0 Å². The van der Waals surface area contributed by atoms with Gasteiger partial charge in [0.25, 0.3) is 5.91 Å². The van der Waals surface area contributed by atoms with E-state index in [9.17, 15) is 9.59 Å². The zero-order valence-electron chi connectivity index (χ0n) is 19.7. The van der Waals surface area contributed by atoms with Gasteiger partial charge in [0, 0.05) is 64.1 Å². The number of para-hydroxylation sites is 1. The molecule has 2 saturated heterocycles. The van der Waals surface area contributed by atoms with E-state index in [1.807, 2.05) is 36.4 Å². The summed E-state index contributed by atoms with van der Waals surface area (Å²) in [7, 11) is 3.75. The molecule has 8 heteroatoms.